The molecule has 2 aromatic rings. The molecule has 3 rings (SSSR count). The molecule has 0 bridgehead atoms. The Bertz CT molecular complexity index is 867. The first-order valence-electron chi connectivity index (χ1n) is 7.63. The maximum Gasteiger partial charge on any atom is 0.387 e. The van der Waals surface area contributed by atoms with E-state index in [1.54, 1.807) is 36.4 Å². The van der Waals surface area contributed by atoms with Gasteiger partial charge >= 0.3 is 6.61 Å². The van der Waals surface area contributed by atoms with Crippen molar-refractivity contribution < 1.29 is 23.5 Å². The van der Waals surface area contributed by atoms with E-state index in [-0.39, 0.29) is 17.0 Å². The van der Waals surface area contributed by atoms with Crippen molar-refractivity contribution >= 4 is 17.3 Å². The lowest BCUT2D eigenvalue weighted by atomic mass is 10.0. The number of hydrazone groups is 1. The number of halogens is 2. The molecule has 1 heterocycles. The predicted molar refractivity (Wildman–Crippen MR) is 91.2 cm³/mol. The summed E-state index contributed by atoms with van der Waals surface area (Å²) in [5.41, 5.74) is 1.30. The molecule has 0 saturated carbocycles. The summed E-state index contributed by atoms with van der Waals surface area (Å²) in [4.78, 5) is 12.7. The maximum atomic E-state index is 12.7. The van der Waals surface area contributed by atoms with Gasteiger partial charge in [0.2, 0.25) is 0 Å². The molecule has 1 amide bonds. The number of alkyl halides is 2. The van der Waals surface area contributed by atoms with Gasteiger partial charge in [-0.05, 0) is 24.3 Å². The largest absolute Gasteiger partial charge is 0.435 e. The van der Waals surface area contributed by atoms with Crippen molar-refractivity contribution in [3.8, 4) is 5.75 Å². The number of rotatable bonds is 5. The fourth-order valence-electron chi connectivity index (χ4n) is 2.49. The van der Waals surface area contributed by atoms with E-state index in [0.717, 1.165) is 5.06 Å². The normalized spacial score (nSPS) is 15.6. The summed E-state index contributed by atoms with van der Waals surface area (Å²) in [6, 6.07) is 14.6. The Morgan fingerprint density at radius 1 is 1.19 bits per heavy atom. The highest BCUT2D eigenvalue weighted by Crippen LogP contribution is 2.28. The second-order valence-electron chi connectivity index (χ2n) is 5.42. The number of ether oxygens (including phenoxy) is 1. The second-order valence-corrected chi connectivity index (χ2v) is 5.42. The molecule has 0 aromatic heterocycles. The SMILES string of the molecule is CN(O)C=C1C(=O)N(c2ccccc2)N=C1c1cccc(OC(F)F)c1. The monoisotopic (exact) mass is 359 g/mol. The van der Waals surface area contributed by atoms with Crippen LogP contribution in [0.2, 0.25) is 0 Å². The predicted octanol–water partition coefficient (Wildman–Crippen LogP) is 3.24. The van der Waals surface area contributed by atoms with E-state index in [4.69, 9.17) is 0 Å². The molecule has 0 radical (unpaired) electrons. The van der Waals surface area contributed by atoms with Gasteiger partial charge in [0.05, 0.1) is 11.3 Å². The van der Waals surface area contributed by atoms with Crippen LogP contribution < -0.4 is 9.75 Å². The maximum absolute atomic E-state index is 12.7. The van der Waals surface area contributed by atoms with Crippen LogP contribution in [0.1, 0.15) is 5.56 Å². The van der Waals surface area contributed by atoms with E-state index in [0.29, 0.717) is 11.3 Å². The Labute approximate surface area is 148 Å². The lowest BCUT2D eigenvalue weighted by Gasteiger charge is -2.11. The number of hydrogen-bond acceptors (Lipinski definition) is 5. The minimum Gasteiger partial charge on any atom is -0.435 e. The summed E-state index contributed by atoms with van der Waals surface area (Å²) >= 11 is 0. The first-order valence-corrected chi connectivity index (χ1v) is 7.63. The van der Waals surface area contributed by atoms with Gasteiger partial charge in [-0.25, -0.2) is 0 Å². The van der Waals surface area contributed by atoms with Gasteiger partial charge in [-0.3, -0.25) is 15.1 Å². The van der Waals surface area contributed by atoms with E-state index in [9.17, 15) is 18.8 Å². The van der Waals surface area contributed by atoms with Gasteiger partial charge in [0.1, 0.15) is 11.5 Å². The number of hydrogen-bond donors (Lipinski definition) is 1. The van der Waals surface area contributed by atoms with Gasteiger partial charge in [-0.1, -0.05) is 30.3 Å². The number of amides is 1. The zero-order valence-electron chi connectivity index (χ0n) is 13.7. The molecule has 0 spiro atoms. The molecular formula is C18H15F2N3O3. The quantitative estimate of drug-likeness (QED) is 0.657. The van der Waals surface area contributed by atoms with Crippen molar-refractivity contribution in [3.05, 3.63) is 71.9 Å². The van der Waals surface area contributed by atoms with Crippen molar-refractivity contribution in [2.24, 2.45) is 5.10 Å². The fourth-order valence-corrected chi connectivity index (χ4v) is 2.49. The van der Waals surface area contributed by atoms with Gasteiger partial charge in [0, 0.05) is 18.8 Å². The highest BCUT2D eigenvalue weighted by molar-refractivity contribution is 6.35. The topological polar surface area (TPSA) is 65.4 Å². The molecule has 0 aliphatic carbocycles. The third kappa shape index (κ3) is 3.70. The highest BCUT2D eigenvalue weighted by Gasteiger charge is 2.32. The van der Waals surface area contributed by atoms with Crippen LogP contribution in [0.15, 0.2) is 71.5 Å². The molecule has 26 heavy (non-hydrogen) atoms. The summed E-state index contributed by atoms with van der Waals surface area (Å²) in [5.74, 6) is -0.505. The lowest BCUT2D eigenvalue weighted by molar-refractivity contribution is -0.114. The minimum atomic E-state index is -2.96. The third-order valence-corrected chi connectivity index (χ3v) is 3.53. The number of nitrogens with zero attached hydrogens (tertiary/aromatic N) is 3. The molecule has 1 N–H and O–H groups in total. The van der Waals surface area contributed by atoms with Gasteiger partial charge in [-0.15, -0.1) is 0 Å². The third-order valence-electron chi connectivity index (χ3n) is 3.53. The van der Waals surface area contributed by atoms with E-state index in [1.807, 2.05) is 0 Å². The summed E-state index contributed by atoms with van der Waals surface area (Å²) < 4.78 is 29.3. The molecule has 0 saturated heterocycles. The fraction of sp³-hybridized carbons (Fsp3) is 0.111. The van der Waals surface area contributed by atoms with Crippen LogP contribution >= 0.6 is 0 Å². The van der Waals surface area contributed by atoms with Gasteiger partial charge in [0.15, 0.2) is 0 Å². The number of carbonyl (C=O) groups excluding carboxylic acids is 1. The molecule has 0 fully saturated rings. The average Bonchev–Trinajstić information content (AvgIpc) is 2.92. The molecule has 2 aromatic carbocycles. The summed E-state index contributed by atoms with van der Waals surface area (Å²) in [7, 11) is 1.35. The van der Waals surface area contributed by atoms with Crippen molar-refractivity contribution in [2.45, 2.75) is 6.61 Å². The van der Waals surface area contributed by atoms with Gasteiger partial charge in [-0.2, -0.15) is 18.9 Å². The van der Waals surface area contributed by atoms with Crippen molar-refractivity contribution in [1.82, 2.24) is 5.06 Å². The lowest BCUT2D eigenvalue weighted by Crippen LogP contribution is -2.22. The zero-order valence-corrected chi connectivity index (χ0v) is 13.7. The zero-order chi connectivity index (χ0) is 18.7. The summed E-state index contributed by atoms with van der Waals surface area (Å²) in [5, 5.41) is 15.8. The van der Waals surface area contributed by atoms with Crippen molar-refractivity contribution in [2.75, 3.05) is 12.1 Å². The summed E-state index contributed by atoms with van der Waals surface area (Å²) in [6.07, 6.45) is 1.21. The molecule has 134 valence electrons. The molecule has 6 nitrogen and oxygen atoms in total. The van der Waals surface area contributed by atoms with Crippen LogP contribution in [0, 0.1) is 0 Å². The Morgan fingerprint density at radius 2 is 1.92 bits per heavy atom. The first kappa shape index (κ1) is 17.6. The molecule has 0 atom stereocenters. The first-order chi connectivity index (χ1) is 12.5. The highest BCUT2D eigenvalue weighted by atomic mass is 19.3. The van der Waals surface area contributed by atoms with Crippen molar-refractivity contribution in [1.29, 1.82) is 0 Å². The Kier molecular flexibility index (Phi) is 4.94. The van der Waals surface area contributed by atoms with Crippen LogP contribution in [-0.4, -0.2) is 35.5 Å². The van der Waals surface area contributed by atoms with E-state index in [1.165, 1.54) is 36.5 Å². The van der Waals surface area contributed by atoms with Crippen LogP contribution in [0.4, 0.5) is 14.5 Å². The van der Waals surface area contributed by atoms with Gasteiger partial charge in [0.25, 0.3) is 5.91 Å². The van der Waals surface area contributed by atoms with E-state index >= 15 is 0 Å². The Balaban J connectivity index is 2.05. The molecular weight excluding hydrogens is 344 g/mol. The Hall–Kier alpha value is -3.26. The van der Waals surface area contributed by atoms with Crippen molar-refractivity contribution in [3.63, 3.8) is 0 Å². The smallest absolute Gasteiger partial charge is 0.387 e. The molecule has 0 unspecified atom stereocenters. The molecule has 1 aliphatic rings. The number of anilines is 1. The molecule has 8 heteroatoms. The Morgan fingerprint density at radius 3 is 2.58 bits per heavy atom. The average molecular weight is 359 g/mol. The number of benzene rings is 2. The number of carbonyl (C=O) groups is 1. The van der Waals surface area contributed by atoms with E-state index < -0.39 is 12.5 Å². The molecule has 1 aliphatic heterocycles. The summed E-state index contributed by atoms with van der Waals surface area (Å²) in [6.45, 7) is -2.96. The van der Waals surface area contributed by atoms with Crippen LogP contribution in [0.5, 0.6) is 5.75 Å². The van der Waals surface area contributed by atoms with Gasteiger partial charge < -0.3 is 4.74 Å². The standard InChI is InChI=1S/C18H15F2N3O3/c1-22(25)11-15-16(12-6-5-9-14(10-12)26-18(19)20)21-23(17(15)24)13-7-3-2-4-8-13/h2-11,18,25H,1H3. The number of hydroxylamine groups is 2. The van der Waals surface area contributed by atoms with Crippen LogP contribution in [-0.2, 0) is 4.79 Å². The van der Waals surface area contributed by atoms with Crippen LogP contribution in [0.25, 0.3) is 0 Å². The van der Waals surface area contributed by atoms with E-state index in [2.05, 4.69) is 9.84 Å². The second kappa shape index (κ2) is 7.32. The van der Waals surface area contributed by atoms with Crippen LogP contribution in [0.3, 0.4) is 0 Å². The minimum absolute atomic E-state index is 0.0532. The number of para-hydroxylation sites is 1.